The van der Waals surface area contributed by atoms with Crippen LogP contribution in [0.2, 0.25) is 0 Å². The number of likely N-dealkylation sites (tertiary alicyclic amines) is 1. The van der Waals surface area contributed by atoms with Crippen LogP contribution in [0.1, 0.15) is 41.0 Å². The molecule has 2 heteroatoms. The van der Waals surface area contributed by atoms with Crippen molar-refractivity contribution < 1.29 is 4.39 Å². The molecule has 0 amide bonds. The van der Waals surface area contributed by atoms with Gasteiger partial charge in [0.15, 0.2) is 0 Å². The SMILES string of the molecule is CC.CC1CCN(C(C)C)CC1F. The maximum atomic E-state index is 13.1. The number of piperidine rings is 1. The highest BCUT2D eigenvalue weighted by Gasteiger charge is 2.26. The smallest absolute Gasteiger partial charge is 0.115 e. The van der Waals surface area contributed by atoms with Crippen molar-refractivity contribution in [2.45, 2.75) is 53.3 Å². The number of halogens is 1. The van der Waals surface area contributed by atoms with Crippen molar-refractivity contribution >= 4 is 0 Å². The predicted molar refractivity (Wildman–Crippen MR) is 56.7 cm³/mol. The van der Waals surface area contributed by atoms with Gasteiger partial charge < -0.3 is 0 Å². The molecule has 2 atom stereocenters. The topological polar surface area (TPSA) is 3.24 Å². The third-order valence-corrected chi connectivity index (χ3v) is 2.63. The second kappa shape index (κ2) is 6.36. The molecule has 1 nitrogen and oxygen atoms in total. The molecule has 80 valence electrons. The summed E-state index contributed by atoms with van der Waals surface area (Å²) in [4.78, 5) is 2.21. The molecule has 0 aromatic heterocycles. The molecule has 0 aliphatic carbocycles. The predicted octanol–water partition coefficient (Wildman–Crippen LogP) is 3.10. The summed E-state index contributed by atoms with van der Waals surface area (Å²) in [6, 6.07) is 0.501. The van der Waals surface area contributed by atoms with Crippen LogP contribution in [0.5, 0.6) is 0 Å². The van der Waals surface area contributed by atoms with Crippen LogP contribution in [-0.4, -0.2) is 30.2 Å². The Morgan fingerprint density at radius 2 is 1.85 bits per heavy atom. The van der Waals surface area contributed by atoms with Crippen LogP contribution in [0.4, 0.5) is 4.39 Å². The zero-order chi connectivity index (χ0) is 10.4. The van der Waals surface area contributed by atoms with E-state index >= 15 is 0 Å². The average molecular weight is 189 g/mol. The van der Waals surface area contributed by atoms with Gasteiger partial charge in [0.2, 0.25) is 0 Å². The lowest BCUT2D eigenvalue weighted by molar-refractivity contribution is 0.0730. The third-order valence-electron chi connectivity index (χ3n) is 2.63. The van der Waals surface area contributed by atoms with E-state index in [-0.39, 0.29) is 5.92 Å². The molecule has 2 unspecified atom stereocenters. The Kier molecular flexibility index (Phi) is 6.31. The van der Waals surface area contributed by atoms with E-state index in [0.717, 1.165) is 13.0 Å². The summed E-state index contributed by atoms with van der Waals surface area (Å²) in [6.07, 6.45) is 0.408. The monoisotopic (exact) mass is 189 g/mol. The van der Waals surface area contributed by atoms with Gasteiger partial charge in [-0.25, -0.2) is 4.39 Å². The lowest BCUT2D eigenvalue weighted by Gasteiger charge is -2.35. The number of alkyl halides is 1. The highest BCUT2D eigenvalue weighted by atomic mass is 19.1. The number of rotatable bonds is 1. The lowest BCUT2D eigenvalue weighted by Crippen LogP contribution is -2.44. The zero-order valence-corrected chi connectivity index (χ0v) is 9.68. The van der Waals surface area contributed by atoms with Crippen molar-refractivity contribution in [3.8, 4) is 0 Å². The first-order valence-electron chi connectivity index (χ1n) is 5.49. The van der Waals surface area contributed by atoms with Crippen molar-refractivity contribution in [3.63, 3.8) is 0 Å². The molecule has 1 aliphatic heterocycles. The molecule has 0 N–H and O–H groups in total. The Labute approximate surface area is 82.3 Å². The third kappa shape index (κ3) is 4.08. The van der Waals surface area contributed by atoms with Gasteiger partial charge in [0.05, 0.1) is 0 Å². The van der Waals surface area contributed by atoms with E-state index in [1.165, 1.54) is 0 Å². The van der Waals surface area contributed by atoms with Crippen LogP contribution in [0, 0.1) is 5.92 Å². The Bertz CT molecular complexity index is 125. The first kappa shape index (κ1) is 12.9. The minimum Gasteiger partial charge on any atom is -0.298 e. The Morgan fingerprint density at radius 1 is 1.31 bits per heavy atom. The summed E-state index contributed by atoms with van der Waals surface area (Å²) in [6.45, 7) is 12.0. The number of nitrogens with zero attached hydrogens (tertiary/aromatic N) is 1. The number of hydrogen-bond donors (Lipinski definition) is 0. The molecular formula is C11H24FN. The van der Waals surface area contributed by atoms with Crippen LogP contribution in [0.3, 0.4) is 0 Å². The van der Waals surface area contributed by atoms with E-state index in [9.17, 15) is 4.39 Å². The van der Waals surface area contributed by atoms with E-state index < -0.39 is 6.17 Å². The van der Waals surface area contributed by atoms with Crippen LogP contribution >= 0.6 is 0 Å². The van der Waals surface area contributed by atoms with Gasteiger partial charge in [0, 0.05) is 12.6 Å². The summed E-state index contributed by atoms with van der Waals surface area (Å²) in [5.41, 5.74) is 0. The van der Waals surface area contributed by atoms with Crippen molar-refractivity contribution in [3.05, 3.63) is 0 Å². The van der Waals surface area contributed by atoms with Crippen LogP contribution in [0.15, 0.2) is 0 Å². The van der Waals surface area contributed by atoms with Gasteiger partial charge >= 0.3 is 0 Å². The van der Waals surface area contributed by atoms with E-state index in [0.29, 0.717) is 12.6 Å². The second-order valence-corrected chi connectivity index (χ2v) is 3.87. The van der Waals surface area contributed by atoms with E-state index in [1.807, 2.05) is 20.8 Å². The fourth-order valence-corrected chi connectivity index (χ4v) is 1.51. The van der Waals surface area contributed by atoms with Gasteiger partial charge in [0.1, 0.15) is 6.17 Å². The minimum absolute atomic E-state index is 0.269. The molecule has 0 radical (unpaired) electrons. The maximum Gasteiger partial charge on any atom is 0.115 e. The minimum atomic E-state index is -0.605. The molecule has 1 fully saturated rings. The van der Waals surface area contributed by atoms with Gasteiger partial charge in [-0.15, -0.1) is 0 Å². The summed E-state index contributed by atoms with van der Waals surface area (Å²) >= 11 is 0. The molecule has 1 rings (SSSR count). The van der Waals surface area contributed by atoms with Crippen molar-refractivity contribution in [2.75, 3.05) is 13.1 Å². The molecular weight excluding hydrogens is 165 g/mol. The fraction of sp³-hybridized carbons (Fsp3) is 1.00. The second-order valence-electron chi connectivity index (χ2n) is 3.87. The van der Waals surface area contributed by atoms with Crippen molar-refractivity contribution in [1.29, 1.82) is 0 Å². The molecule has 0 saturated carbocycles. The lowest BCUT2D eigenvalue weighted by atomic mass is 9.96. The van der Waals surface area contributed by atoms with E-state index in [2.05, 4.69) is 18.7 Å². The Hall–Kier alpha value is -0.110. The summed E-state index contributed by atoms with van der Waals surface area (Å²) in [7, 11) is 0. The maximum absolute atomic E-state index is 13.1. The van der Waals surface area contributed by atoms with Crippen LogP contribution in [-0.2, 0) is 0 Å². The number of hydrogen-bond acceptors (Lipinski definition) is 1. The first-order chi connectivity index (χ1) is 6.11. The normalized spacial score (nSPS) is 29.8. The summed E-state index contributed by atoms with van der Waals surface area (Å²) in [5.74, 6) is 0.269. The van der Waals surface area contributed by atoms with Gasteiger partial charge in [-0.3, -0.25) is 4.90 Å². The molecule has 1 saturated heterocycles. The highest BCUT2D eigenvalue weighted by Crippen LogP contribution is 2.20. The van der Waals surface area contributed by atoms with Crippen molar-refractivity contribution in [1.82, 2.24) is 4.90 Å². The van der Waals surface area contributed by atoms with Gasteiger partial charge in [-0.1, -0.05) is 20.8 Å². The fourth-order valence-electron chi connectivity index (χ4n) is 1.51. The molecule has 1 aliphatic rings. The van der Waals surface area contributed by atoms with E-state index in [4.69, 9.17) is 0 Å². The largest absolute Gasteiger partial charge is 0.298 e. The summed E-state index contributed by atoms with van der Waals surface area (Å²) < 4.78 is 13.1. The highest BCUT2D eigenvalue weighted by molar-refractivity contribution is 4.79. The Morgan fingerprint density at radius 3 is 2.23 bits per heavy atom. The molecule has 13 heavy (non-hydrogen) atoms. The first-order valence-corrected chi connectivity index (χ1v) is 5.49. The van der Waals surface area contributed by atoms with E-state index in [1.54, 1.807) is 0 Å². The van der Waals surface area contributed by atoms with Crippen LogP contribution < -0.4 is 0 Å². The quantitative estimate of drug-likeness (QED) is 0.612. The van der Waals surface area contributed by atoms with Crippen LogP contribution in [0.25, 0.3) is 0 Å². The molecule has 1 heterocycles. The molecule has 0 aromatic carbocycles. The summed E-state index contributed by atoms with van der Waals surface area (Å²) in [5, 5.41) is 0. The standard InChI is InChI=1S/C9H18FN.C2H6/c1-7(2)11-5-4-8(3)9(10)6-11;1-2/h7-9H,4-6H2,1-3H3;1-2H3. The zero-order valence-electron chi connectivity index (χ0n) is 9.68. The van der Waals surface area contributed by atoms with Gasteiger partial charge in [-0.2, -0.15) is 0 Å². The van der Waals surface area contributed by atoms with Crippen molar-refractivity contribution in [2.24, 2.45) is 5.92 Å². The van der Waals surface area contributed by atoms with Gasteiger partial charge in [0.25, 0.3) is 0 Å². The van der Waals surface area contributed by atoms with Gasteiger partial charge in [-0.05, 0) is 32.7 Å². The Balaban J connectivity index is 0.000000671. The molecule has 0 aromatic rings. The average Bonchev–Trinajstić information content (AvgIpc) is 2.13. The molecule has 0 spiro atoms. The molecule has 0 bridgehead atoms.